The number of nitrogens with one attached hydrogen (secondary N) is 1. The van der Waals surface area contributed by atoms with E-state index in [1.807, 2.05) is 19.1 Å². The number of carbonyl (C=O) groups is 1. The number of rotatable bonds is 5. The highest BCUT2D eigenvalue weighted by Crippen LogP contribution is 2.30. The fourth-order valence-electron chi connectivity index (χ4n) is 2.03. The molecule has 9 heteroatoms. The number of aromatic amines is 1. The SMILES string of the molecule is CCOC(=O)c1sc(-c2ccnc(-c3nn[nH]n3)c2)nc1CC. The second-order valence-corrected chi connectivity index (χ2v) is 5.53. The Morgan fingerprint density at radius 1 is 1.39 bits per heavy atom. The van der Waals surface area contributed by atoms with Crippen LogP contribution >= 0.6 is 11.3 Å². The first kappa shape index (κ1) is 15.2. The van der Waals surface area contributed by atoms with Gasteiger partial charge in [-0.3, -0.25) is 4.98 Å². The Balaban J connectivity index is 1.99. The van der Waals surface area contributed by atoms with Crippen LogP contribution in [0.25, 0.3) is 22.1 Å². The van der Waals surface area contributed by atoms with E-state index in [1.165, 1.54) is 11.3 Å². The predicted octanol–water partition coefficient (Wildman–Crippen LogP) is 2.12. The number of thiazole rings is 1. The maximum absolute atomic E-state index is 12.0. The summed E-state index contributed by atoms with van der Waals surface area (Å²) >= 11 is 1.31. The van der Waals surface area contributed by atoms with Gasteiger partial charge in [0.2, 0.25) is 5.82 Å². The summed E-state index contributed by atoms with van der Waals surface area (Å²) in [5, 5.41) is 14.5. The van der Waals surface area contributed by atoms with Gasteiger partial charge in [-0.05, 0) is 30.7 Å². The van der Waals surface area contributed by atoms with Crippen LogP contribution in [0.15, 0.2) is 18.3 Å². The van der Waals surface area contributed by atoms with E-state index in [-0.39, 0.29) is 5.97 Å². The van der Waals surface area contributed by atoms with Gasteiger partial charge < -0.3 is 4.74 Å². The van der Waals surface area contributed by atoms with E-state index in [2.05, 4.69) is 30.6 Å². The number of esters is 1. The van der Waals surface area contributed by atoms with Crippen molar-refractivity contribution in [2.75, 3.05) is 6.61 Å². The first-order valence-corrected chi connectivity index (χ1v) is 7.91. The lowest BCUT2D eigenvalue weighted by Crippen LogP contribution is -2.05. The third kappa shape index (κ3) is 3.09. The molecule has 0 saturated heterocycles. The molecule has 0 radical (unpaired) electrons. The quantitative estimate of drug-likeness (QED) is 0.714. The summed E-state index contributed by atoms with van der Waals surface area (Å²) in [4.78, 5) is 21.3. The molecule has 3 aromatic heterocycles. The third-order valence-electron chi connectivity index (χ3n) is 3.07. The maximum atomic E-state index is 12.0. The number of nitrogens with zero attached hydrogens (tertiary/aromatic N) is 5. The largest absolute Gasteiger partial charge is 0.462 e. The Labute approximate surface area is 135 Å². The van der Waals surface area contributed by atoms with Gasteiger partial charge in [0.05, 0.1) is 12.3 Å². The lowest BCUT2D eigenvalue weighted by molar-refractivity contribution is 0.0530. The first-order valence-electron chi connectivity index (χ1n) is 7.10. The van der Waals surface area contributed by atoms with Crippen LogP contribution in [0.2, 0.25) is 0 Å². The van der Waals surface area contributed by atoms with Crippen molar-refractivity contribution in [3.8, 4) is 22.1 Å². The van der Waals surface area contributed by atoms with Gasteiger partial charge in [-0.15, -0.1) is 21.5 Å². The van der Waals surface area contributed by atoms with Crippen LogP contribution in [-0.4, -0.2) is 43.2 Å². The Hall–Kier alpha value is -2.68. The zero-order valence-electron chi connectivity index (χ0n) is 12.6. The molecule has 1 N–H and O–H groups in total. The van der Waals surface area contributed by atoms with E-state index >= 15 is 0 Å². The molecule has 0 bridgehead atoms. The molecule has 118 valence electrons. The number of pyridine rings is 1. The molecule has 3 heterocycles. The smallest absolute Gasteiger partial charge is 0.350 e. The van der Waals surface area contributed by atoms with E-state index in [4.69, 9.17) is 4.74 Å². The zero-order chi connectivity index (χ0) is 16.2. The average Bonchev–Trinajstić information content (AvgIpc) is 3.25. The summed E-state index contributed by atoms with van der Waals surface area (Å²) in [6.45, 7) is 4.08. The highest BCUT2D eigenvalue weighted by molar-refractivity contribution is 7.17. The molecular formula is C14H14N6O2S. The van der Waals surface area contributed by atoms with Gasteiger partial charge in [-0.25, -0.2) is 9.78 Å². The van der Waals surface area contributed by atoms with Crippen LogP contribution in [0, 0.1) is 0 Å². The van der Waals surface area contributed by atoms with Crippen LogP contribution in [-0.2, 0) is 11.2 Å². The fourth-order valence-corrected chi connectivity index (χ4v) is 3.07. The number of hydrogen-bond donors (Lipinski definition) is 1. The molecule has 0 spiro atoms. The number of hydrogen-bond acceptors (Lipinski definition) is 8. The second kappa shape index (κ2) is 6.61. The molecule has 0 fully saturated rings. The number of aryl methyl sites for hydroxylation is 1. The van der Waals surface area contributed by atoms with Crippen molar-refractivity contribution in [1.82, 2.24) is 30.6 Å². The molecule has 0 atom stereocenters. The van der Waals surface area contributed by atoms with Gasteiger partial charge in [0.25, 0.3) is 0 Å². The standard InChI is InChI=1S/C14H14N6O2S/c1-3-9-11(14(21)22-4-2)23-13(16-9)8-5-6-15-10(7-8)12-17-19-20-18-12/h5-7H,3-4H2,1-2H3,(H,17,18,19,20). The van der Waals surface area contributed by atoms with Crippen LogP contribution < -0.4 is 0 Å². The molecule has 0 unspecified atom stereocenters. The molecule has 0 aliphatic heterocycles. The molecule has 8 nitrogen and oxygen atoms in total. The molecule has 3 rings (SSSR count). The van der Waals surface area contributed by atoms with Gasteiger partial charge in [-0.1, -0.05) is 6.92 Å². The fraction of sp³-hybridized carbons (Fsp3) is 0.286. The highest BCUT2D eigenvalue weighted by Gasteiger charge is 2.19. The lowest BCUT2D eigenvalue weighted by Gasteiger charge is -1.99. The third-order valence-corrected chi connectivity index (χ3v) is 4.20. The van der Waals surface area contributed by atoms with Crippen LogP contribution in [0.1, 0.15) is 29.2 Å². The van der Waals surface area contributed by atoms with Crippen molar-refractivity contribution in [2.24, 2.45) is 0 Å². The van der Waals surface area contributed by atoms with E-state index < -0.39 is 0 Å². The average molecular weight is 330 g/mol. The summed E-state index contributed by atoms with van der Waals surface area (Å²) in [6, 6.07) is 3.65. The molecule has 0 aliphatic carbocycles. The molecule has 0 aliphatic rings. The Kier molecular flexibility index (Phi) is 4.38. The Bertz CT molecular complexity index is 815. The minimum absolute atomic E-state index is 0.333. The number of H-pyrrole nitrogens is 1. The Morgan fingerprint density at radius 2 is 2.26 bits per heavy atom. The van der Waals surface area contributed by atoms with Crippen molar-refractivity contribution in [3.05, 3.63) is 28.9 Å². The van der Waals surface area contributed by atoms with Crippen molar-refractivity contribution in [3.63, 3.8) is 0 Å². The number of carbonyl (C=O) groups excluding carboxylic acids is 1. The molecule has 3 aromatic rings. The molecular weight excluding hydrogens is 316 g/mol. The summed E-state index contributed by atoms with van der Waals surface area (Å²) in [6.07, 6.45) is 2.31. The second-order valence-electron chi connectivity index (χ2n) is 4.53. The lowest BCUT2D eigenvalue weighted by atomic mass is 10.2. The van der Waals surface area contributed by atoms with Gasteiger partial charge in [-0.2, -0.15) is 5.21 Å². The van der Waals surface area contributed by atoms with Crippen molar-refractivity contribution in [2.45, 2.75) is 20.3 Å². The van der Waals surface area contributed by atoms with Crippen LogP contribution in [0.4, 0.5) is 0 Å². The minimum Gasteiger partial charge on any atom is -0.462 e. The monoisotopic (exact) mass is 330 g/mol. The van der Waals surface area contributed by atoms with Crippen molar-refractivity contribution < 1.29 is 9.53 Å². The molecule has 23 heavy (non-hydrogen) atoms. The normalized spacial score (nSPS) is 10.7. The zero-order valence-corrected chi connectivity index (χ0v) is 13.4. The number of tetrazole rings is 1. The van der Waals surface area contributed by atoms with Crippen LogP contribution in [0.3, 0.4) is 0 Å². The van der Waals surface area contributed by atoms with Gasteiger partial charge in [0.15, 0.2) is 0 Å². The van der Waals surface area contributed by atoms with Gasteiger partial charge in [0.1, 0.15) is 15.6 Å². The van der Waals surface area contributed by atoms with Gasteiger partial charge in [0, 0.05) is 11.8 Å². The van der Waals surface area contributed by atoms with E-state index in [1.54, 1.807) is 13.1 Å². The van der Waals surface area contributed by atoms with Crippen molar-refractivity contribution >= 4 is 17.3 Å². The Morgan fingerprint density at radius 3 is 2.96 bits per heavy atom. The van der Waals surface area contributed by atoms with Crippen LogP contribution in [0.5, 0.6) is 0 Å². The first-order chi connectivity index (χ1) is 11.2. The van der Waals surface area contributed by atoms with Crippen molar-refractivity contribution in [1.29, 1.82) is 0 Å². The summed E-state index contributed by atoms with van der Waals surface area (Å²) in [5.74, 6) is 0.0743. The van der Waals surface area contributed by atoms with E-state index in [0.29, 0.717) is 29.4 Å². The van der Waals surface area contributed by atoms with E-state index in [0.717, 1.165) is 16.3 Å². The van der Waals surface area contributed by atoms with E-state index in [9.17, 15) is 4.79 Å². The summed E-state index contributed by atoms with van der Waals surface area (Å²) < 4.78 is 5.09. The highest BCUT2D eigenvalue weighted by atomic mass is 32.1. The number of ether oxygens (including phenoxy) is 1. The molecule has 0 saturated carbocycles. The minimum atomic E-state index is -0.333. The summed E-state index contributed by atoms with van der Waals surface area (Å²) in [5.41, 5.74) is 2.17. The maximum Gasteiger partial charge on any atom is 0.350 e. The molecule has 0 amide bonds. The predicted molar refractivity (Wildman–Crippen MR) is 83.9 cm³/mol. The van der Waals surface area contributed by atoms with Gasteiger partial charge >= 0.3 is 5.97 Å². The molecule has 0 aromatic carbocycles. The summed E-state index contributed by atoms with van der Waals surface area (Å²) in [7, 11) is 0. The topological polar surface area (TPSA) is 107 Å². The number of aromatic nitrogens is 6.